The summed E-state index contributed by atoms with van der Waals surface area (Å²) in [6.07, 6.45) is -0.120. The third kappa shape index (κ3) is 0.858. The number of hydrogen-bond donors (Lipinski definition) is 2. The van der Waals surface area contributed by atoms with Crippen molar-refractivity contribution in [2.24, 2.45) is 5.92 Å². The predicted molar refractivity (Wildman–Crippen MR) is 32.6 cm³/mol. The van der Waals surface area contributed by atoms with Gasteiger partial charge < -0.3 is 10.4 Å². The van der Waals surface area contributed by atoms with E-state index in [4.69, 9.17) is 5.11 Å². The van der Waals surface area contributed by atoms with Crippen LogP contribution in [0.5, 0.6) is 0 Å². The lowest BCUT2D eigenvalue weighted by Crippen LogP contribution is -2.21. The second-order valence-corrected chi connectivity index (χ2v) is 2.62. The maximum absolute atomic E-state index is 9.11. The zero-order chi connectivity index (χ0) is 6.15. The largest absolute Gasteiger partial charge is 0.391 e. The van der Waals surface area contributed by atoms with E-state index in [2.05, 4.69) is 19.2 Å². The van der Waals surface area contributed by atoms with Crippen molar-refractivity contribution in [2.75, 3.05) is 6.54 Å². The van der Waals surface area contributed by atoms with E-state index in [0.717, 1.165) is 6.54 Å². The van der Waals surface area contributed by atoms with Crippen molar-refractivity contribution in [3.05, 3.63) is 0 Å². The van der Waals surface area contributed by atoms with Gasteiger partial charge in [-0.05, 0) is 12.8 Å². The fraction of sp³-hybridized carbons (Fsp3) is 1.00. The number of β-amino-alcohol motifs (C(OH)–C–C–N with tert-alkyl or cyclic N) is 1. The highest BCUT2D eigenvalue weighted by Gasteiger charge is 2.26. The van der Waals surface area contributed by atoms with Crippen molar-refractivity contribution in [2.45, 2.75) is 26.0 Å². The molecule has 2 heteroatoms. The lowest BCUT2D eigenvalue weighted by molar-refractivity contribution is 0.149. The van der Waals surface area contributed by atoms with Crippen LogP contribution in [0.2, 0.25) is 0 Å². The molecule has 0 aromatic carbocycles. The van der Waals surface area contributed by atoms with Crippen LogP contribution in [0.4, 0.5) is 0 Å². The summed E-state index contributed by atoms with van der Waals surface area (Å²) in [7, 11) is 0. The van der Waals surface area contributed by atoms with Gasteiger partial charge in [0.15, 0.2) is 0 Å². The van der Waals surface area contributed by atoms with Crippen LogP contribution in [0.25, 0.3) is 0 Å². The predicted octanol–water partition coefficient (Wildman–Crippen LogP) is -0.0249. The standard InChI is InChI=1S/C6H13NO/c1-4-5(2)7-3-6(4)8/h4-8H,3H2,1-2H3/t4-,5+,6-/m1/s1. The first-order valence-corrected chi connectivity index (χ1v) is 3.13. The van der Waals surface area contributed by atoms with Gasteiger partial charge in [-0.15, -0.1) is 0 Å². The van der Waals surface area contributed by atoms with Gasteiger partial charge in [0, 0.05) is 12.6 Å². The normalized spacial score (nSPS) is 47.6. The number of hydrogen-bond acceptors (Lipinski definition) is 2. The molecule has 0 spiro atoms. The molecular weight excluding hydrogens is 102 g/mol. The first-order valence-electron chi connectivity index (χ1n) is 3.13. The van der Waals surface area contributed by atoms with Gasteiger partial charge in [-0.3, -0.25) is 0 Å². The van der Waals surface area contributed by atoms with Crippen molar-refractivity contribution in [1.29, 1.82) is 0 Å². The molecule has 0 radical (unpaired) electrons. The van der Waals surface area contributed by atoms with E-state index >= 15 is 0 Å². The molecule has 0 saturated carbocycles. The van der Waals surface area contributed by atoms with E-state index in [0.29, 0.717) is 12.0 Å². The number of aliphatic hydroxyl groups is 1. The Morgan fingerprint density at radius 2 is 2.12 bits per heavy atom. The Bertz CT molecular complexity index is 74.6. The summed E-state index contributed by atoms with van der Waals surface area (Å²) in [5.41, 5.74) is 0. The third-order valence-corrected chi connectivity index (χ3v) is 2.04. The molecule has 0 unspecified atom stereocenters. The summed E-state index contributed by atoms with van der Waals surface area (Å²) in [5, 5.41) is 12.3. The maximum Gasteiger partial charge on any atom is 0.0704 e. The van der Waals surface area contributed by atoms with Crippen molar-refractivity contribution >= 4 is 0 Å². The minimum atomic E-state index is -0.120. The molecule has 2 nitrogen and oxygen atoms in total. The monoisotopic (exact) mass is 115 g/mol. The molecule has 1 heterocycles. The lowest BCUT2D eigenvalue weighted by Gasteiger charge is -2.09. The molecule has 2 N–H and O–H groups in total. The van der Waals surface area contributed by atoms with Crippen molar-refractivity contribution < 1.29 is 5.11 Å². The average Bonchev–Trinajstić information content (AvgIpc) is 1.98. The molecule has 0 bridgehead atoms. The van der Waals surface area contributed by atoms with Crippen molar-refractivity contribution in [3.63, 3.8) is 0 Å². The van der Waals surface area contributed by atoms with E-state index < -0.39 is 0 Å². The highest BCUT2D eigenvalue weighted by molar-refractivity contribution is 4.83. The van der Waals surface area contributed by atoms with Crippen LogP contribution in [-0.4, -0.2) is 23.8 Å². The van der Waals surface area contributed by atoms with Gasteiger partial charge in [-0.25, -0.2) is 0 Å². The van der Waals surface area contributed by atoms with Gasteiger partial charge in [0.1, 0.15) is 0 Å². The Hall–Kier alpha value is -0.0800. The number of nitrogens with one attached hydrogen (secondary N) is 1. The Morgan fingerprint density at radius 1 is 1.50 bits per heavy atom. The molecule has 0 aromatic heterocycles. The Labute approximate surface area is 49.9 Å². The topological polar surface area (TPSA) is 32.3 Å². The minimum absolute atomic E-state index is 0.120. The average molecular weight is 115 g/mol. The number of rotatable bonds is 0. The SMILES string of the molecule is C[C@H]1[C@H](O)CN[C@H]1C. The van der Waals surface area contributed by atoms with Gasteiger partial charge in [0.25, 0.3) is 0 Å². The first-order chi connectivity index (χ1) is 3.72. The highest BCUT2D eigenvalue weighted by atomic mass is 16.3. The van der Waals surface area contributed by atoms with Crippen LogP contribution in [0.3, 0.4) is 0 Å². The Kier molecular flexibility index (Phi) is 1.54. The van der Waals surface area contributed by atoms with Gasteiger partial charge in [0.05, 0.1) is 6.10 Å². The van der Waals surface area contributed by atoms with Crippen molar-refractivity contribution in [1.82, 2.24) is 5.32 Å². The van der Waals surface area contributed by atoms with Crippen LogP contribution in [0.1, 0.15) is 13.8 Å². The van der Waals surface area contributed by atoms with Crippen molar-refractivity contribution in [3.8, 4) is 0 Å². The molecule has 0 aromatic rings. The minimum Gasteiger partial charge on any atom is -0.391 e. The molecule has 48 valence electrons. The van der Waals surface area contributed by atoms with Gasteiger partial charge >= 0.3 is 0 Å². The maximum atomic E-state index is 9.11. The van der Waals surface area contributed by atoms with Gasteiger partial charge in [0.2, 0.25) is 0 Å². The van der Waals surface area contributed by atoms with Crippen LogP contribution < -0.4 is 5.32 Å². The summed E-state index contributed by atoms with van der Waals surface area (Å²) in [4.78, 5) is 0. The second-order valence-electron chi connectivity index (χ2n) is 2.62. The fourth-order valence-corrected chi connectivity index (χ4v) is 1.01. The van der Waals surface area contributed by atoms with E-state index in [1.54, 1.807) is 0 Å². The Balaban J connectivity index is 2.44. The van der Waals surface area contributed by atoms with Gasteiger partial charge in [-0.2, -0.15) is 0 Å². The molecule has 3 atom stereocenters. The molecule has 0 aliphatic carbocycles. The van der Waals surface area contributed by atoms with Crippen LogP contribution in [0.15, 0.2) is 0 Å². The summed E-state index contributed by atoms with van der Waals surface area (Å²) in [6.45, 7) is 4.93. The van der Waals surface area contributed by atoms with Gasteiger partial charge in [-0.1, -0.05) is 6.92 Å². The van der Waals surface area contributed by atoms with E-state index in [-0.39, 0.29) is 6.10 Å². The first kappa shape index (κ1) is 6.05. The van der Waals surface area contributed by atoms with E-state index in [9.17, 15) is 0 Å². The van der Waals surface area contributed by atoms with E-state index in [1.165, 1.54) is 0 Å². The summed E-state index contributed by atoms with van der Waals surface area (Å²) in [5.74, 6) is 0.426. The summed E-state index contributed by atoms with van der Waals surface area (Å²) in [6, 6.07) is 0.491. The molecule has 0 amide bonds. The quantitative estimate of drug-likeness (QED) is 0.465. The smallest absolute Gasteiger partial charge is 0.0704 e. The fourth-order valence-electron chi connectivity index (χ4n) is 1.01. The van der Waals surface area contributed by atoms with Crippen LogP contribution in [-0.2, 0) is 0 Å². The molecule has 1 saturated heterocycles. The molecule has 1 rings (SSSR count). The van der Waals surface area contributed by atoms with Crippen LogP contribution >= 0.6 is 0 Å². The zero-order valence-corrected chi connectivity index (χ0v) is 5.39. The second kappa shape index (κ2) is 2.03. The number of aliphatic hydroxyl groups excluding tert-OH is 1. The molecular formula is C6H13NO. The lowest BCUT2D eigenvalue weighted by atomic mass is 10.0. The third-order valence-electron chi connectivity index (χ3n) is 2.04. The Morgan fingerprint density at radius 3 is 2.25 bits per heavy atom. The summed E-state index contributed by atoms with van der Waals surface area (Å²) < 4.78 is 0. The molecule has 1 aliphatic rings. The zero-order valence-electron chi connectivity index (χ0n) is 5.39. The van der Waals surface area contributed by atoms with Crippen LogP contribution in [0, 0.1) is 5.92 Å². The molecule has 8 heavy (non-hydrogen) atoms. The van der Waals surface area contributed by atoms with E-state index in [1.807, 2.05) is 0 Å². The highest BCUT2D eigenvalue weighted by Crippen LogP contribution is 2.13. The molecule has 1 aliphatic heterocycles. The summed E-state index contributed by atoms with van der Waals surface area (Å²) >= 11 is 0. The molecule has 1 fully saturated rings.